The van der Waals surface area contributed by atoms with Crippen LogP contribution in [0.2, 0.25) is 0 Å². The van der Waals surface area contributed by atoms with Crippen molar-refractivity contribution in [2.45, 2.75) is 13.5 Å². The van der Waals surface area contributed by atoms with Crippen LogP contribution in [0.5, 0.6) is 0 Å². The van der Waals surface area contributed by atoms with Gasteiger partial charge < -0.3 is 19.1 Å². The number of carbonyl (C=O) groups excluding carboxylic acids is 1. The minimum atomic E-state index is -0.313. The molecule has 4 rings (SSSR count). The Kier molecular flexibility index (Phi) is 5.30. The van der Waals surface area contributed by atoms with Crippen molar-refractivity contribution in [1.82, 2.24) is 14.5 Å². The first-order valence-electron chi connectivity index (χ1n) is 9.78. The molecule has 6 nitrogen and oxygen atoms in total. The molecule has 1 aliphatic heterocycles. The highest BCUT2D eigenvalue weighted by molar-refractivity contribution is 5.90. The predicted molar refractivity (Wildman–Crippen MR) is 111 cm³/mol. The molecule has 0 N–H and O–H groups in total. The molecule has 0 spiro atoms. The Labute approximate surface area is 165 Å². The fourth-order valence-corrected chi connectivity index (χ4v) is 3.85. The van der Waals surface area contributed by atoms with Crippen molar-refractivity contribution < 1.29 is 9.53 Å². The topological polar surface area (TPSA) is 50.6 Å². The van der Waals surface area contributed by atoms with E-state index in [4.69, 9.17) is 4.74 Å². The Morgan fingerprint density at radius 2 is 1.82 bits per heavy atom. The van der Waals surface area contributed by atoms with E-state index in [9.17, 15) is 4.79 Å². The second-order valence-corrected chi connectivity index (χ2v) is 7.12. The lowest BCUT2D eigenvalue weighted by Gasteiger charge is -2.35. The number of piperazine rings is 1. The van der Waals surface area contributed by atoms with Crippen molar-refractivity contribution in [3.8, 4) is 0 Å². The normalized spacial score (nSPS) is 15.1. The fourth-order valence-electron chi connectivity index (χ4n) is 3.85. The third-order valence-electron chi connectivity index (χ3n) is 5.53. The first-order chi connectivity index (χ1) is 13.7. The standard InChI is InChI=1S/C22H26N4O2/c1-3-24-12-14-25(15-13-24)20-8-10-23-21-19(20)9-11-26(21)16-17-4-6-18(7-5-17)22(27)28-2/h4-11H,3,12-16H2,1-2H3. The van der Waals surface area contributed by atoms with Crippen LogP contribution in [0.25, 0.3) is 11.0 Å². The fraction of sp³-hybridized carbons (Fsp3) is 0.364. The minimum Gasteiger partial charge on any atom is -0.465 e. The largest absolute Gasteiger partial charge is 0.465 e. The molecule has 0 atom stereocenters. The molecule has 0 saturated carbocycles. The molecule has 6 heteroatoms. The summed E-state index contributed by atoms with van der Waals surface area (Å²) in [6, 6.07) is 11.8. The van der Waals surface area contributed by atoms with E-state index < -0.39 is 0 Å². The molecular formula is C22H26N4O2. The first kappa shape index (κ1) is 18.5. The second kappa shape index (κ2) is 8.02. The van der Waals surface area contributed by atoms with E-state index in [1.54, 1.807) is 12.1 Å². The van der Waals surface area contributed by atoms with E-state index >= 15 is 0 Å². The van der Waals surface area contributed by atoms with Gasteiger partial charge in [0.15, 0.2) is 0 Å². The molecular weight excluding hydrogens is 352 g/mol. The number of rotatable bonds is 5. The van der Waals surface area contributed by atoms with Crippen LogP contribution in [-0.2, 0) is 11.3 Å². The Bertz CT molecular complexity index is 956. The highest BCUT2D eigenvalue weighted by Crippen LogP contribution is 2.27. The van der Waals surface area contributed by atoms with Gasteiger partial charge in [0.1, 0.15) is 5.65 Å². The summed E-state index contributed by atoms with van der Waals surface area (Å²) < 4.78 is 6.92. The number of esters is 1. The monoisotopic (exact) mass is 378 g/mol. The summed E-state index contributed by atoms with van der Waals surface area (Å²) in [6.07, 6.45) is 4.00. The van der Waals surface area contributed by atoms with Gasteiger partial charge in [0.2, 0.25) is 0 Å². The van der Waals surface area contributed by atoms with Crippen molar-refractivity contribution in [3.05, 3.63) is 59.9 Å². The highest BCUT2D eigenvalue weighted by atomic mass is 16.5. The van der Waals surface area contributed by atoms with Gasteiger partial charge in [0.05, 0.1) is 12.7 Å². The van der Waals surface area contributed by atoms with Crippen molar-refractivity contribution in [2.75, 3.05) is 44.7 Å². The third-order valence-corrected chi connectivity index (χ3v) is 5.53. The molecule has 146 valence electrons. The first-order valence-corrected chi connectivity index (χ1v) is 9.78. The van der Waals surface area contributed by atoms with Gasteiger partial charge >= 0.3 is 5.97 Å². The third kappa shape index (κ3) is 3.60. The molecule has 1 aliphatic rings. The van der Waals surface area contributed by atoms with E-state index in [1.807, 2.05) is 18.3 Å². The van der Waals surface area contributed by atoms with Gasteiger partial charge in [-0.25, -0.2) is 9.78 Å². The van der Waals surface area contributed by atoms with Gasteiger partial charge in [-0.05, 0) is 36.4 Å². The van der Waals surface area contributed by atoms with Crippen LogP contribution in [0.4, 0.5) is 5.69 Å². The number of carbonyl (C=O) groups is 1. The maximum Gasteiger partial charge on any atom is 0.337 e. The molecule has 28 heavy (non-hydrogen) atoms. The molecule has 0 bridgehead atoms. The van der Waals surface area contributed by atoms with Crippen molar-refractivity contribution in [3.63, 3.8) is 0 Å². The molecule has 1 saturated heterocycles. The summed E-state index contributed by atoms with van der Waals surface area (Å²) in [7, 11) is 1.40. The summed E-state index contributed by atoms with van der Waals surface area (Å²) in [6.45, 7) is 8.36. The number of hydrogen-bond acceptors (Lipinski definition) is 5. The van der Waals surface area contributed by atoms with Gasteiger partial charge in [-0.1, -0.05) is 19.1 Å². The van der Waals surface area contributed by atoms with Gasteiger partial charge in [-0.15, -0.1) is 0 Å². The Morgan fingerprint density at radius 3 is 2.50 bits per heavy atom. The maximum atomic E-state index is 11.6. The number of nitrogens with zero attached hydrogens (tertiary/aromatic N) is 4. The van der Waals surface area contributed by atoms with Gasteiger partial charge in [-0.3, -0.25) is 0 Å². The average molecular weight is 378 g/mol. The van der Waals surface area contributed by atoms with Crippen molar-refractivity contribution in [2.24, 2.45) is 0 Å². The quantitative estimate of drug-likeness (QED) is 0.639. The van der Waals surface area contributed by atoms with Gasteiger partial charge in [0.25, 0.3) is 0 Å². The summed E-state index contributed by atoms with van der Waals surface area (Å²) in [5.74, 6) is -0.313. The molecule has 1 aromatic carbocycles. The Balaban J connectivity index is 1.56. The summed E-state index contributed by atoms with van der Waals surface area (Å²) in [5, 5.41) is 1.19. The lowest BCUT2D eigenvalue weighted by atomic mass is 10.1. The van der Waals surface area contributed by atoms with Crippen LogP contribution in [0, 0.1) is 0 Å². The minimum absolute atomic E-state index is 0.313. The number of anilines is 1. The number of pyridine rings is 1. The lowest BCUT2D eigenvalue weighted by Crippen LogP contribution is -2.46. The molecule has 0 amide bonds. The average Bonchev–Trinajstić information content (AvgIpc) is 3.16. The zero-order valence-corrected chi connectivity index (χ0v) is 16.5. The zero-order valence-electron chi connectivity index (χ0n) is 16.5. The number of benzene rings is 1. The van der Waals surface area contributed by atoms with E-state index in [-0.39, 0.29) is 5.97 Å². The molecule has 0 aliphatic carbocycles. The lowest BCUT2D eigenvalue weighted by molar-refractivity contribution is 0.0600. The van der Waals surface area contributed by atoms with E-state index in [2.05, 4.69) is 44.6 Å². The highest BCUT2D eigenvalue weighted by Gasteiger charge is 2.18. The Hall–Kier alpha value is -2.86. The smallest absolute Gasteiger partial charge is 0.337 e. The van der Waals surface area contributed by atoms with Crippen LogP contribution in [-0.4, -0.2) is 60.3 Å². The van der Waals surface area contributed by atoms with Crippen LogP contribution in [0.1, 0.15) is 22.8 Å². The number of fused-ring (bicyclic) bond motifs is 1. The molecule has 2 aromatic heterocycles. The molecule has 3 heterocycles. The zero-order chi connectivity index (χ0) is 19.5. The van der Waals surface area contributed by atoms with E-state index in [1.165, 1.54) is 18.2 Å². The Morgan fingerprint density at radius 1 is 1.07 bits per heavy atom. The second-order valence-electron chi connectivity index (χ2n) is 7.12. The van der Waals surface area contributed by atoms with E-state index in [0.29, 0.717) is 12.1 Å². The number of ether oxygens (including phenoxy) is 1. The van der Waals surface area contributed by atoms with Crippen LogP contribution in [0.15, 0.2) is 48.8 Å². The predicted octanol–water partition coefficient (Wildman–Crippen LogP) is 3.01. The number of methoxy groups -OCH3 is 1. The van der Waals surface area contributed by atoms with Crippen LogP contribution < -0.4 is 4.90 Å². The van der Waals surface area contributed by atoms with Gasteiger partial charge in [-0.2, -0.15) is 0 Å². The molecule has 1 fully saturated rings. The SMILES string of the molecule is CCN1CCN(c2ccnc3c2ccn3Cc2ccc(C(=O)OC)cc2)CC1. The number of likely N-dealkylation sites (N-methyl/N-ethyl adjacent to an activating group) is 1. The van der Waals surface area contributed by atoms with E-state index in [0.717, 1.165) is 43.9 Å². The van der Waals surface area contributed by atoms with Gasteiger partial charge in [0, 0.05) is 56.2 Å². The summed E-state index contributed by atoms with van der Waals surface area (Å²) in [4.78, 5) is 21.2. The number of hydrogen-bond donors (Lipinski definition) is 0. The molecule has 3 aromatic rings. The van der Waals surface area contributed by atoms with Crippen molar-refractivity contribution in [1.29, 1.82) is 0 Å². The van der Waals surface area contributed by atoms with Crippen LogP contribution in [0.3, 0.4) is 0 Å². The van der Waals surface area contributed by atoms with Crippen LogP contribution >= 0.6 is 0 Å². The number of aromatic nitrogens is 2. The summed E-state index contributed by atoms with van der Waals surface area (Å²) in [5.41, 5.74) is 3.94. The van der Waals surface area contributed by atoms with Crippen molar-refractivity contribution >= 4 is 22.7 Å². The molecule has 0 unspecified atom stereocenters. The molecule has 0 radical (unpaired) electrons. The summed E-state index contributed by atoms with van der Waals surface area (Å²) >= 11 is 0. The maximum absolute atomic E-state index is 11.6.